The molecule has 1 aliphatic heterocycles. The van der Waals surface area contributed by atoms with E-state index in [4.69, 9.17) is 9.90 Å². The first-order chi connectivity index (χ1) is 14.0. The van der Waals surface area contributed by atoms with Gasteiger partial charge < -0.3 is 10.4 Å². The highest BCUT2D eigenvalue weighted by Crippen LogP contribution is 2.33. The number of aromatic nitrogens is 4. The molecule has 1 atom stereocenters. The molecule has 3 aromatic rings. The number of amides is 2. The van der Waals surface area contributed by atoms with Gasteiger partial charge in [-0.2, -0.15) is 0 Å². The zero-order valence-corrected chi connectivity index (χ0v) is 16.5. The third-order valence-electron chi connectivity index (χ3n) is 4.37. The Labute approximate surface area is 170 Å². The molecule has 152 valence electrons. The molecule has 4 rings (SSSR count). The number of nitrogens with zero attached hydrogens (tertiary/aromatic N) is 5. The van der Waals surface area contributed by atoms with Gasteiger partial charge in [0, 0.05) is 25.7 Å². The van der Waals surface area contributed by atoms with Crippen LogP contribution in [-0.2, 0) is 20.9 Å². The maximum absolute atomic E-state index is 12.4. The fourth-order valence-electron chi connectivity index (χ4n) is 2.99. The smallest absolute Gasteiger partial charge is 0.290 e. The topological polar surface area (TPSA) is 130 Å². The number of hydrogen-bond donors (Lipinski definition) is 2. The molecule has 29 heavy (non-hydrogen) atoms. The number of anilines is 1. The first-order valence-corrected chi connectivity index (χ1v) is 9.70. The number of carbonyl (C=O) groups excluding carboxylic acids is 2. The SMILES string of the molecule is Cc1ccc2nc(N3CC(C(=O)NCCn4ccnn4)CC3=O)sc2c1.O=CO. The van der Waals surface area contributed by atoms with Gasteiger partial charge in [0.25, 0.3) is 6.47 Å². The van der Waals surface area contributed by atoms with Gasteiger partial charge in [-0.05, 0) is 24.6 Å². The molecule has 1 fully saturated rings. The zero-order valence-electron chi connectivity index (χ0n) is 15.7. The van der Waals surface area contributed by atoms with Crippen molar-refractivity contribution in [2.75, 3.05) is 18.0 Å². The second-order valence-electron chi connectivity index (χ2n) is 6.44. The van der Waals surface area contributed by atoms with Crippen molar-refractivity contribution in [2.24, 2.45) is 5.92 Å². The largest absolute Gasteiger partial charge is 0.483 e. The van der Waals surface area contributed by atoms with E-state index >= 15 is 0 Å². The summed E-state index contributed by atoms with van der Waals surface area (Å²) < 4.78 is 2.70. The van der Waals surface area contributed by atoms with E-state index in [1.807, 2.05) is 19.1 Å². The summed E-state index contributed by atoms with van der Waals surface area (Å²) in [5.74, 6) is -0.526. The Kier molecular flexibility index (Phi) is 6.50. The number of carboxylic acid groups (broad SMARTS) is 1. The van der Waals surface area contributed by atoms with Gasteiger partial charge in [0.2, 0.25) is 11.8 Å². The van der Waals surface area contributed by atoms with E-state index in [9.17, 15) is 9.59 Å². The van der Waals surface area contributed by atoms with E-state index in [2.05, 4.69) is 26.7 Å². The van der Waals surface area contributed by atoms with Crippen LogP contribution in [0.4, 0.5) is 5.13 Å². The van der Waals surface area contributed by atoms with Crippen molar-refractivity contribution in [1.82, 2.24) is 25.3 Å². The summed E-state index contributed by atoms with van der Waals surface area (Å²) in [7, 11) is 0. The molecule has 0 spiro atoms. The first-order valence-electron chi connectivity index (χ1n) is 8.89. The van der Waals surface area contributed by atoms with Crippen LogP contribution >= 0.6 is 11.3 Å². The minimum Gasteiger partial charge on any atom is -0.483 e. The van der Waals surface area contributed by atoms with Crippen molar-refractivity contribution < 1.29 is 19.5 Å². The minimum atomic E-state index is -0.355. The van der Waals surface area contributed by atoms with Crippen molar-refractivity contribution in [2.45, 2.75) is 19.9 Å². The van der Waals surface area contributed by atoms with Crippen LogP contribution in [0.15, 0.2) is 30.6 Å². The van der Waals surface area contributed by atoms with E-state index in [1.54, 1.807) is 22.0 Å². The monoisotopic (exact) mass is 416 g/mol. The van der Waals surface area contributed by atoms with E-state index in [1.165, 1.54) is 11.3 Å². The lowest BCUT2D eigenvalue weighted by atomic mass is 10.1. The summed E-state index contributed by atoms with van der Waals surface area (Å²) in [6.45, 7) is 3.15. The summed E-state index contributed by atoms with van der Waals surface area (Å²) in [6.07, 6.45) is 3.54. The van der Waals surface area contributed by atoms with Gasteiger partial charge in [0.1, 0.15) is 0 Å². The number of rotatable bonds is 5. The van der Waals surface area contributed by atoms with Crippen molar-refractivity contribution in [3.8, 4) is 0 Å². The molecular weight excluding hydrogens is 396 g/mol. The highest BCUT2D eigenvalue weighted by molar-refractivity contribution is 7.22. The molecule has 0 saturated carbocycles. The van der Waals surface area contributed by atoms with Crippen molar-refractivity contribution in [3.63, 3.8) is 0 Å². The number of thiazole rings is 1. The van der Waals surface area contributed by atoms with Gasteiger partial charge >= 0.3 is 0 Å². The van der Waals surface area contributed by atoms with Crippen LogP contribution in [0.5, 0.6) is 0 Å². The van der Waals surface area contributed by atoms with Gasteiger partial charge in [0.15, 0.2) is 5.13 Å². The maximum atomic E-state index is 12.4. The number of hydrogen-bond acceptors (Lipinski definition) is 7. The molecule has 0 radical (unpaired) electrons. The van der Waals surface area contributed by atoms with Crippen LogP contribution in [0.2, 0.25) is 0 Å². The molecule has 11 heteroatoms. The average Bonchev–Trinajstić information content (AvgIpc) is 3.41. The third-order valence-corrected chi connectivity index (χ3v) is 5.41. The molecule has 1 unspecified atom stereocenters. The highest BCUT2D eigenvalue weighted by atomic mass is 32.1. The lowest BCUT2D eigenvalue weighted by Crippen LogP contribution is -2.34. The first kappa shape index (κ1) is 20.4. The van der Waals surface area contributed by atoms with Crippen molar-refractivity contribution >= 4 is 45.0 Å². The van der Waals surface area contributed by atoms with Gasteiger partial charge in [-0.25, -0.2) is 4.98 Å². The Morgan fingerprint density at radius 1 is 1.45 bits per heavy atom. The van der Waals surface area contributed by atoms with Crippen molar-refractivity contribution in [3.05, 3.63) is 36.2 Å². The third kappa shape index (κ3) is 4.93. The molecule has 3 heterocycles. The summed E-state index contributed by atoms with van der Waals surface area (Å²) in [5, 5.41) is 18.0. The molecule has 2 aromatic heterocycles. The second kappa shape index (κ2) is 9.24. The number of aryl methyl sites for hydroxylation is 1. The summed E-state index contributed by atoms with van der Waals surface area (Å²) >= 11 is 1.49. The average molecular weight is 416 g/mol. The van der Waals surface area contributed by atoms with Gasteiger partial charge in [-0.15, -0.1) is 5.10 Å². The van der Waals surface area contributed by atoms with Crippen LogP contribution in [0.3, 0.4) is 0 Å². The Morgan fingerprint density at radius 3 is 2.97 bits per heavy atom. The van der Waals surface area contributed by atoms with E-state index in [0.29, 0.717) is 24.8 Å². The molecule has 2 amide bonds. The normalized spacial score (nSPS) is 15.8. The van der Waals surface area contributed by atoms with E-state index < -0.39 is 0 Å². The lowest BCUT2D eigenvalue weighted by molar-refractivity contribution is -0.126. The standard InChI is InChI=1S/C17H18N6O2S.CH2O2/c1-11-2-3-13-14(8-11)26-17(20-13)23-10-12(9-15(23)24)16(25)18-4-6-22-7-5-19-21-22;2-1-3/h2-3,5,7-8,12H,4,6,9-10H2,1H3,(H,18,25);1H,(H,2,3). The Balaban J connectivity index is 0.000000755. The number of carbonyl (C=O) groups is 3. The summed E-state index contributed by atoms with van der Waals surface area (Å²) in [5.41, 5.74) is 2.04. The molecule has 0 bridgehead atoms. The molecule has 0 aliphatic carbocycles. The predicted molar refractivity (Wildman–Crippen MR) is 107 cm³/mol. The van der Waals surface area contributed by atoms with Gasteiger partial charge in [0.05, 0.1) is 28.9 Å². The maximum Gasteiger partial charge on any atom is 0.290 e. The molecule has 1 aromatic carbocycles. The van der Waals surface area contributed by atoms with Gasteiger partial charge in [-0.3, -0.25) is 24.0 Å². The molecule has 2 N–H and O–H groups in total. The quantitative estimate of drug-likeness (QED) is 0.595. The Morgan fingerprint density at radius 2 is 2.24 bits per heavy atom. The van der Waals surface area contributed by atoms with E-state index in [0.717, 1.165) is 15.8 Å². The molecule has 1 aliphatic rings. The summed E-state index contributed by atoms with van der Waals surface area (Å²) in [4.78, 5) is 39.3. The molecular formula is C18H20N6O4S. The zero-order chi connectivity index (χ0) is 20.8. The fraction of sp³-hybridized carbons (Fsp3) is 0.333. The van der Waals surface area contributed by atoms with Crippen LogP contribution in [0.25, 0.3) is 10.2 Å². The summed E-state index contributed by atoms with van der Waals surface area (Å²) in [6, 6.07) is 6.02. The number of nitrogens with one attached hydrogen (secondary N) is 1. The molecule has 1 saturated heterocycles. The Hall–Kier alpha value is -3.34. The predicted octanol–water partition coefficient (Wildman–Crippen LogP) is 1.07. The Bertz CT molecular complexity index is 1000. The van der Waals surface area contributed by atoms with Crippen LogP contribution in [-0.4, -0.2) is 56.5 Å². The van der Waals surface area contributed by atoms with Crippen LogP contribution in [0, 0.1) is 12.8 Å². The van der Waals surface area contributed by atoms with Crippen LogP contribution < -0.4 is 10.2 Å². The van der Waals surface area contributed by atoms with Gasteiger partial charge in [-0.1, -0.05) is 22.6 Å². The highest BCUT2D eigenvalue weighted by Gasteiger charge is 2.36. The number of fused-ring (bicyclic) bond motifs is 1. The number of benzene rings is 1. The van der Waals surface area contributed by atoms with E-state index in [-0.39, 0.29) is 30.6 Å². The fourth-order valence-corrected chi connectivity index (χ4v) is 4.08. The molecule has 10 nitrogen and oxygen atoms in total. The van der Waals surface area contributed by atoms with Crippen LogP contribution in [0.1, 0.15) is 12.0 Å². The van der Waals surface area contributed by atoms with Crippen molar-refractivity contribution in [1.29, 1.82) is 0 Å². The minimum absolute atomic E-state index is 0.0581. The second-order valence-corrected chi connectivity index (χ2v) is 7.44. The lowest BCUT2D eigenvalue weighted by Gasteiger charge is -2.13.